The quantitative estimate of drug-likeness (QED) is 0.791. The van der Waals surface area contributed by atoms with Crippen LogP contribution in [-0.2, 0) is 6.42 Å². The third-order valence-electron chi connectivity index (χ3n) is 3.33. The number of methoxy groups -OCH3 is 1. The van der Waals surface area contributed by atoms with E-state index in [1.54, 1.807) is 31.4 Å². The van der Waals surface area contributed by atoms with Gasteiger partial charge in [0.2, 0.25) is 0 Å². The molecule has 0 radical (unpaired) electrons. The van der Waals surface area contributed by atoms with Crippen molar-refractivity contribution in [2.24, 2.45) is 0 Å². The van der Waals surface area contributed by atoms with Gasteiger partial charge < -0.3 is 20.1 Å². The number of hydrogen-bond acceptors (Lipinski definition) is 3. The van der Waals surface area contributed by atoms with Crippen LogP contribution in [0.5, 0.6) is 11.5 Å². The van der Waals surface area contributed by atoms with Crippen molar-refractivity contribution in [2.75, 3.05) is 25.6 Å². The lowest BCUT2D eigenvalue weighted by Crippen LogP contribution is -2.30. The van der Waals surface area contributed by atoms with Crippen molar-refractivity contribution < 1.29 is 14.3 Å². The molecule has 0 aliphatic carbocycles. The van der Waals surface area contributed by atoms with E-state index in [0.29, 0.717) is 36.0 Å². The first-order chi connectivity index (χ1) is 11.6. The number of ether oxygens (including phenoxy) is 2. The molecule has 0 aliphatic rings. The van der Waals surface area contributed by atoms with Gasteiger partial charge in [0, 0.05) is 17.3 Å². The Kier molecular flexibility index (Phi) is 6.75. The van der Waals surface area contributed by atoms with Gasteiger partial charge in [-0.2, -0.15) is 0 Å². The minimum atomic E-state index is -0.254. The van der Waals surface area contributed by atoms with Gasteiger partial charge in [-0.25, -0.2) is 4.79 Å². The summed E-state index contributed by atoms with van der Waals surface area (Å²) in [6.07, 6.45) is 0.691. The first kappa shape index (κ1) is 17.9. The lowest BCUT2D eigenvalue weighted by Gasteiger charge is -2.11. The summed E-state index contributed by atoms with van der Waals surface area (Å²) in [5.41, 5.74) is 1.75. The third kappa shape index (κ3) is 5.35. The van der Waals surface area contributed by atoms with Gasteiger partial charge in [0.15, 0.2) is 11.5 Å². The Labute approximate surface area is 146 Å². The molecule has 0 heterocycles. The molecule has 2 N–H and O–H groups in total. The molecular formula is C18H21ClN2O3. The Morgan fingerprint density at radius 2 is 1.88 bits per heavy atom. The number of benzene rings is 2. The Bertz CT molecular complexity index is 674. The minimum Gasteiger partial charge on any atom is -0.493 e. The molecule has 2 amide bonds. The molecule has 2 aromatic rings. The first-order valence-corrected chi connectivity index (χ1v) is 8.10. The minimum absolute atomic E-state index is 0.254. The van der Waals surface area contributed by atoms with Gasteiger partial charge in [-0.1, -0.05) is 17.7 Å². The molecule has 128 valence electrons. The highest BCUT2D eigenvalue weighted by molar-refractivity contribution is 6.30. The van der Waals surface area contributed by atoms with Gasteiger partial charge in [0.1, 0.15) is 0 Å². The van der Waals surface area contributed by atoms with Gasteiger partial charge in [-0.15, -0.1) is 0 Å². The van der Waals surface area contributed by atoms with Crippen molar-refractivity contribution in [2.45, 2.75) is 13.3 Å². The van der Waals surface area contributed by atoms with Crippen LogP contribution in [0.4, 0.5) is 10.5 Å². The number of rotatable bonds is 7. The van der Waals surface area contributed by atoms with E-state index in [9.17, 15) is 4.79 Å². The maximum Gasteiger partial charge on any atom is 0.319 e. The Balaban J connectivity index is 1.82. The molecule has 0 aliphatic heterocycles. The second-order valence-electron chi connectivity index (χ2n) is 5.06. The summed E-state index contributed by atoms with van der Waals surface area (Å²) in [5.74, 6) is 1.41. The number of carbonyl (C=O) groups is 1. The maximum absolute atomic E-state index is 11.9. The molecule has 5 nitrogen and oxygen atoms in total. The Morgan fingerprint density at radius 3 is 2.54 bits per heavy atom. The van der Waals surface area contributed by atoms with E-state index in [2.05, 4.69) is 10.6 Å². The van der Waals surface area contributed by atoms with Crippen molar-refractivity contribution in [1.29, 1.82) is 0 Å². The molecular weight excluding hydrogens is 328 g/mol. The molecule has 0 unspecified atom stereocenters. The van der Waals surface area contributed by atoms with Crippen LogP contribution in [0.2, 0.25) is 5.02 Å². The van der Waals surface area contributed by atoms with Crippen LogP contribution in [0, 0.1) is 0 Å². The SMILES string of the molecule is CCOc1ccc(CCNC(=O)Nc2ccc(Cl)cc2)cc1OC. The zero-order valence-corrected chi connectivity index (χ0v) is 14.5. The van der Waals surface area contributed by atoms with Gasteiger partial charge in [0.25, 0.3) is 0 Å². The number of halogens is 1. The highest BCUT2D eigenvalue weighted by Crippen LogP contribution is 2.28. The van der Waals surface area contributed by atoms with E-state index < -0.39 is 0 Å². The summed E-state index contributed by atoms with van der Waals surface area (Å²) in [4.78, 5) is 11.9. The van der Waals surface area contributed by atoms with Crippen LogP contribution < -0.4 is 20.1 Å². The average molecular weight is 349 g/mol. The number of amides is 2. The standard InChI is InChI=1S/C18H21ClN2O3/c1-3-24-16-9-4-13(12-17(16)23-2)10-11-20-18(22)21-15-7-5-14(19)6-8-15/h4-9,12H,3,10-11H2,1-2H3,(H2,20,21,22). The fourth-order valence-electron chi connectivity index (χ4n) is 2.17. The summed E-state index contributed by atoms with van der Waals surface area (Å²) in [7, 11) is 1.61. The number of nitrogens with one attached hydrogen (secondary N) is 2. The summed E-state index contributed by atoms with van der Waals surface area (Å²) >= 11 is 5.81. The molecule has 2 rings (SSSR count). The fourth-order valence-corrected chi connectivity index (χ4v) is 2.30. The van der Waals surface area contributed by atoms with E-state index in [1.165, 1.54) is 0 Å². The first-order valence-electron chi connectivity index (χ1n) is 7.72. The van der Waals surface area contributed by atoms with E-state index in [-0.39, 0.29) is 6.03 Å². The lowest BCUT2D eigenvalue weighted by molar-refractivity contribution is 0.252. The van der Waals surface area contributed by atoms with Crippen LogP contribution in [-0.4, -0.2) is 26.3 Å². The second-order valence-corrected chi connectivity index (χ2v) is 5.49. The largest absolute Gasteiger partial charge is 0.493 e. The van der Waals surface area contributed by atoms with Crippen molar-refractivity contribution in [1.82, 2.24) is 5.32 Å². The molecule has 0 saturated heterocycles. The molecule has 0 bridgehead atoms. The topological polar surface area (TPSA) is 59.6 Å². The third-order valence-corrected chi connectivity index (χ3v) is 3.58. The van der Waals surface area contributed by atoms with Crippen molar-refractivity contribution in [3.05, 3.63) is 53.1 Å². The maximum atomic E-state index is 11.9. The number of carbonyl (C=O) groups excluding carboxylic acids is 1. The molecule has 0 aromatic heterocycles. The zero-order valence-electron chi connectivity index (χ0n) is 13.8. The number of urea groups is 1. The summed E-state index contributed by atoms with van der Waals surface area (Å²) in [6, 6.07) is 12.5. The Hall–Kier alpha value is -2.40. The Morgan fingerprint density at radius 1 is 1.12 bits per heavy atom. The highest BCUT2D eigenvalue weighted by atomic mass is 35.5. The zero-order chi connectivity index (χ0) is 17.4. The van der Waals surface area contributed by atoms with Crippen molar-refractivity contribution in [3.8, 4) is 11.5 Å². The average Bonchev–Trinajstić information content (AvgIpc) is 2.58. The summed E-state index contributed by atoms with van der Waals surface area (Å²) < 4.78 is 10.8. The van der Waals surface area contributed by atoms with Crippen LogP contribution in [0.3, 0.4) is 0 Å². The number of hydrogen-bond donors (Lipinski definition) is 2. The molecule has 0 fully saturated rings. The normalized spacial score (nSPS) is 10.1. The summed E-state index contributed by atoms with van der Waals surface area (Å²) in [5, 5.41) is 6.20. The smallest absolute Gasteiger partial charge is 0.319 e. The predicted octanol–water partition coefficient (Wildman–Crippen LogP) is 4.11. The number of anilines is 1. The molecule has 0 atom stereocenters. The van der Waals surface area contributed by atoms with E-state index in [0.717, 1.165) is 11.3 Å². The molecule has 0 spiro atoms. The van der Waals surface area contributed by atoms with E-state index in [4.69, 9.17) is 21.1 Å². The summed E-state index contributed by atoms with van der Waals surface area (Å²) in [6.45, 7) is 3.02. The lowest BCUT2D eigenvalue weighted by atomic mass is 10.1. The van der Waals surface area contributed by atoms with Crippen LogP contribution >= 0.6 is 11.6 Å². The van der Waals surface area contributed by atoms with Gasteiger partial charge in [-0.05, 0) is 55.3 Å². The van der Waals surface area contributed by atoms with Crippen LogP contribution in [0.25, 0.3) is 0 Å². The monoisotopic (exact) mass is 348 g/mol. The van der Waals surface area contributed by atoms with Gasteiger partial charge in [0.05, 0.1) is 13.7 Å². The highest BCUT2D eigenvalue weighted by Gasteiger charge is 2.06. The van der Waals surface area contributed by atoms with Crippen molar-refractivity contribution >= 4 is 23.3 Å². The van der Waals surface area contributed by atoms with E-state index in [1.807, 2.05) is 25.1 Å². The molecule has 2 aromatic carbocycles. The van der Waals surface area contributed by atoms with Gasteiger partial charge in [-0.3, -0.25) is 0 Å². The van der Waals surface area contributed by atoms with Crippen LogP contribution in [0.1, 0.15) is 12.5 Å². The molecule has 24 heavy (non-hydrogen) atoms. The van der Waals surface area contributed by atoms with Crippen molar-refractivity contribution in [3.63, 3.8) is 0 Å². The second kappa shape index (κ2) is 9.03. The van der Waals surface area contributed by atoms with E-state index >= 15 is 0 Å². The van der Waals surface area contributed by atoms with Crippen LogP contribution in [0.15, 0.2) is 42.5 Å². The predicted molar refractivity (Wildman–Crippen MR) is 96.3 cm³/mol. The molecule has 6 heteroatoms. The molecule has 0 saturated carbocycles. The van der Waals surface area contributed by atoms with Gasteiger partial charge >= 0.3 is 6.03 Å². The fraction of sp³-hybridized carbons (Fsp3) is 0.278.